The second-order valence-electron chi connectivity index (χ2n) is 7.09. The smallest absolute Gasteiger partial charge is 0.328 e. The van der Waals surface area contributed by atoms with Gasteiger partial charge in [0.15, 0.2) is 0 Å². The van der Waals surface area contributed by atoms with Gasteiger partial charge in [0.2, 0.25) is 5.91 Å². The summed E-state index contributed by atoms with van der Waals surface area (Å²) < 4.78 is 9.56. The third-order valence-corrected chi connectivity index (χ3v) is 5.18. The molecule has 0 aliphatic heterocycles. The van der Waals surface area contributed by atoms with E-state index < -0.39 is 29.3 Å². The van der Waals surface area contributed by atoms with Gasteiger partial charge in [-0.1, -0.05) is 67.6 Å². The summed E-state index contributed by atoms with van der Waals surface area (Å²) in [6, 6.07) is 17.7. The lowest BCUT2D eigenvalue weighted by Gasteiger charge is -2.32. The topological polar surface area (TPSA) is 81.7 Å². The normalized spacial score (nSPS) is 13.1. The zero-order valence-corrected chi connectivity index (χ0v) is 17.2. The highest BCUT2D eigenvalue weighted by Gasteiger charge is 2.40. The Morgan fingerprint density at radius 2 is 1.38 bits per heavy atom. The number of methoxy groups -OCH3 is 2. The number of rotatable bonds is 8. The zero-order valence-electron chi connectivity index (χ0n) is 17.2. The summed E-state index contributed by atoms with van der Waals surface area (Å²) in [7, 11) is 2.53. The fourth-order valence-electron chi connectivity index (χ4n) is 3.28. The van der Waals surface area contributed by atoms with Gasteiger partial charge in [-0.25, -0.2) is 4.79 Å². The largest absolute Gasteiger partial charge is 0.469 e. The quantitative estimate of drug-likeness (QED) is 0.693. The first kappa shape index (κ1) is 22.1. The predicted molar refractivity (Wildman–Crippen MR) is 109 cm³/mol. The van der Waals surface area contributed by atoms with E-state index in [1.807, 2.05) is 67.6 Å². The van der Waals surface area contributed by atoms with Crippen LogP contribution in [0.4, 0.5) is 0 Å². The summed E-state index contributed by atoms with van der Waals surface area (Å²) in [5.74, 6) is -1.94. The van der Waals surface area contributed by atoms with Crippen molar-refractivity contribution in [2.45, 2.75) is 31.7 Å². The molecule has 1 N–H and O–H groups in total. The zero-order chi connectivity index (χ0) is 21.4. The molecule has 0 aliphatic rings. The van der Waals surface area contributed by atoms with Gasteiger partial charge in [-0.15, -0.1) is 0 Å². The number of ether oxygens (including phenoxy) is 2. The van der Waals surface area contributed by atoms with Crippen LogP contribution in [0.5, 0.6) is 0 Å². The van der Waals surface area contributed by atoms with Crippen LogP contribution in [0.3, 0.4) is 0 Å². The van der Waals surface area contributed by atoms with Gasteiger partial charge in [-0.2, -0.15) is 0 Å². The number of esters is 2. The molecule has 0 radical (unpaired) electrons. The van der Waals surface area contributed by atoms with Crippen LogP contribution < -0.4 is 5.32 Å². The van der Waals surface area contributed by atoms with Crippen molar-refractivity contribution in [3.05, 3.63) is 71.8 Å². The van der Waals surface area contributed by atoms with Crippen LogP contribution in [0.25, 0.3) is 0 Å². The summed E-state index contributed by atoms with van der Waals surface area (Å²) >= 11 is 0. The molecule has 6 nitrogen and oxygen atoms in total. The molecular weight excluding hydrogens is 370 g/mol. The first-order chi connectivity index (χ1) is 13.8. The maximum Gasteiger partial charge on any atom is 0.328 e. The molecule has 0 aromatic heterocycles. The summed E-state index contributed by atoms with van der Waals surface area (Å²) in [6.07, 6.45) is -0.0239. The molecule has 0 fully saturated rings. The fraction of sp³-hybridized carbons (Fsp3) is 0.348. The summed E-state index contributed by atoms with van der Waals surface area (Å²) in [6.45, 7) is 3.51. The number of hydrogen-bond acceptors (Lipinski definition) is 5. The molecule has 2 aromatic rings. The van der Waals surface area contributed by atoms with Crippen molar-refractivity contribution in [2.75, 3.05) is 14.2 Å². The number of nitrogens with one attached hydrogen (secondary N) is 1. The summed E-state index contributed by atoms with van der Waals surface area (Å²) in [5, 5.41) is 2.81. The van der Waals surface area contributed by atoms with Gasteiger partial charge < -0.3 is 14.8 Å². The molecule has 154 valence electrons. The Morgan fingerprint density at radius 3 is 1.79 bits per heavy atom. The van der Waals surface area contributed by atoms with Crippen LogP contribution in [0.2, 0.25) is 0 Å². The van der Waals surface area contributed by atoms with E-state index in [-0.39, 0.29) is 12.3 Å². The lowest BCUT2D eigenvalue weighted by Crippen LogP contribution is -2.53. The van der Waals surface area contributed by atoms with E-state index in [1.165, 1.54) is 14.2 Å². The number of benzene rings is 2. The van der Waals surface area contributed by atoms with Crippen molar-refractivity contribution >= 4 is 17.8 Å². The molecule has 0 aliphatic carbocycles. The molecule has 6 heteroatoms. The Labute approximate surface area is 171 Å². The minimum atomic E-state index is -1.04. The second-order valence-corrected chi connectivity index (χ2v) is 7.09. The van der Waals surface area contributed by atoms with E-state index in [1.54, 1.807) is 6.92 Å². The van der Waals surface area contributed by atoms with Gasteiger partial charge in [0.05, 0.1) is 26.1 Å². The molecule has 1 amide bonds. The predicted octanol–water partition coefficient (Wildman–Crippen LogP) is 2.85. The van der Waals surface area contributed by atoms with Crippen LogP contribution in [0.15, 0.2) is 60.7 Å². The molecular formula is C23H27NO5. The van der Waals surface area contributed by atoms with E-state index in [9.17, 15) is 14.4 Å². The Kier molecular flexibility index (Phi) is 7.53. The Bertz CT molecular complexity index is 795. The van der Waals surface area contributed by atoms with E-state index in [0.29, 0.717) is 0 Å². The van der Waals surface area contributed by atoms with Gasteiger partial charge >= 0.3 is 11.9 Å². The number of carbonyl (C=O) groups is 3. The van der Waals surface area contributed by atoms with Crippen molar-refractivity contribution < 1.29 is 23.9 Å². The molecule has 29 heavy (non-hydrogen) atoms. The SMILES string of the molecule is COC(=O)C[C@H](C)[C@@H](NC(=O)C(C)(c1ccccc1)c1ccccc1)C(=O)OC. The maximum absolute atomic E-state index is 13.5. The van der Waals surface area contributed by atoms with E-state index in [4.69, 9.17) is 9.47 Å². The highest BCUT2D eigenvalue weighted by atomic mass is 16.5. The summed E-state index contributed by atoms with van der Waals surface area (Å²) in [5.41, 5.74) is 0.528. The highest BCUT2D eigenvalue weighted by molar-refractivity contribution is 5.94. The maximum atomic E-state index is 13.5. The Morgan fingerprint density at radius 1 is 0.897 bits per heavy atom. The van der Waals surface area contributed by atoms with Crippen LogP contribution in [0, 0.1) is 5.92 Å². The van der Waals surface area contributed by atoms with Crippen molar-refractivity contribution in [1.82, 2.24) is 5.32 Å². The van der Waals surface area contributed by atoms with Crippen molar-refractivity contribution in [3.63, 3.8) is 0 Å². The number of carbonyl (C=O) groups excluding carboxylic acids is 3. The van der Waals surface area contributed by atoms with Gasteiger partial charge in [0.1, 0.15) is 6.04 Å². The first-order valence-corrected chi connectivity index (χ1v) is 9.41. The van der Waals surface area contributed by atoms with Crippen LogP contribution in [-0.4, -0.2) is 38.1 Å². The Hall–Kier alpha value is -3.15. The number of hydrogen-bond donors (Lipinski definition) is 1. The van der Waals surface area contributed by atoms with Crippen molar-refractivity contribution in [1.29, 1.82) is 0 Å². The van der Waals surface area contributed by atoms with Crippen LogP contribution >= 0.6 is 0 Å². The molecule has 0 saturated heterocycles. The molecule has 2 rings (SSSR count). The Balaban J connectivity index is 2.42. The lowest BCUT2D eigenvalue weighted by molar-refractivity contribution is -0.149. The van der Waals surface area contributed by atoms with Gasteiger partial charge in [-0.3, -0.25) is 9.59 Å². The molecule has 2 atom stereocenters. The molecule has 0 spiro atoms. The van der Waals surface area contributed by atoms with Crippen LogP contribution in [-0.2, 0) is 29.3 Å². The standard InChI is InChI=1S/C23H27NO5/c1-16(15-19(25)28-3)20(21(26)29-4)24-22(27)23(2,17-11-7-5-8-12-17)18-13-9-6-10-14-18/h5-14,16,20H,15H2,1-4H3,(H,24,27)/t16-,20+/m0/s1. The third-order valence-electron chi connectivity index (χ3n) is 5.18. The second kappa shape index (κ2) is 9.87. The summed E-state index contributed by atoms with van der Waals surface area (Å²) in [4.78, 5) is 37.6. The third kappa shape index (κ3) is 5.02. The van der Waals surface area contributed by atoms with E-state index >= 15 is 0 Å². The van der Waals surface area contributed by atoms with Crippen molar-refractivity contribution in [2.24, 2.45) is 5.92 Å². The average Bonchev–Trinajstić information content (AvgIpc) is 2.77. The fourth-order valence-corrected chi connectivity index (χ4v) is 3.28. The molecule has 0 bridgehead atoms. The lowest BCUT2D eigenvalue weighted by atomic mass is 9.75. The monoisotopic (exact) mass is 397 g/mol. The van der Waals surface area contributed by atoms with Gasteiger partial charge in [0, 0.05) is 0 Å². The van der Waals surface area contributed by atoms with Crippen LogP contribution in [0.1, 0.15) is 31.4 Å². The molecule has 0 saturated carbocycles. The highest BCUT2D eigenvalue weighted by Crippen LogP contribution is 2.32. The molecule has 0 heterocycles. The minimum Gasteiger partial charge on any atom is -0.469 e. The number of amides is 1. The molecule has 2 aromatic carbocycles. The van der Waals surface area contributed by atoms with Crippen molar-refractivity contribution in [3.8, 4) is 0 Å². The van der Waals surface area contributed by atoms with E-state index in [0.717, 1.165) is 11.1 Å². The first-order valence-electron chi connectivity index (χ1n) is 9.41. The minimum absolute atomic E-state index is 0.0239. The van der Waals surface area contributed by atoms with Gasteiger partial charge in [-0.05, 0) is 24.0 Å². The van der Waals surface area contributed by atoms with Gasteiger partial charge in [0.25, 0.3) is 0 Å². The molecule has 0 unspecified atom stereocenters. The average molecular weight is 397 g/mol. The van der Waals surface area contributed by atoms with E-state index in [2.05, 4.69) is 5.32 Å².